The molecule has 0 unspecified atom stereocenters. The van der Waals surface area contributed by atoms with E-state index in [1.54, 1.807) is 31.5 Å². The highest BCUT2D eigenvalue weighted by atomic mass is 35.5. The summed E-state index contributed by atoms with van der Waals surface area (Å²) in [7, 11) is 3.05. The number of ether oxygens (including phenoxy) is 3. The van der Waals surface area contributed by atoms with Crippen LogP contribution in [0.4, 0.5) is 0 Å². The van der Waals surface area contributed by atoms with Gasteiger partial charge in [0.25, 0.3) is 5.91 Å². The van der Waals surface area contributed by atoms with E-state index in [1.807, 2.05) is 60.7 Å². The average Bonchev–Trinajstić information content (AvgIpc) is 2.88. The van der Waals surface area contributed by atoms with Crippen molar-refractivity contribution in [2.45, 2.75) is 6.61 Å². The molecule has 0 fully saturated rings. The second kappa shape index (κ2) is 10.7. The molecular formula is C27H23ClN2O4. The van der Waals surface area contributed by atoms with Crippen LogP contribution in [-0.2, 0) is 6.61 Å². The van der Waals surface area contributed by atoms with Crippen molar-refractivity contribution >= 4 is 34.5 Å². The van der Waals surface area contributed by atoms with Crippen LogP contribution in [0.2, 0.25) is 5.02 Å². The third-order valence-electron chi connectivity index (χ3n) is 5.25. The van der Waals surface area contributed by atoms with E-state index in [9.17, 15) is 4.79 Å². The number of hydrazone groups is 1. The van der Waals surface area contributed by atoms with Gasteiger partial charge in [-0.05, 0) is 46.7 Å². The molecule has 0 aliphatic heterocycles. The van der Waals surface area contributed by atoms with Crippen molar-refractivity contribution in [3.8, 4) is 17.2 Å². The molecule has 0 saturated carbocycles. The van der Waals surface area contributed by atoms with Crippen LogP contribution in [0.5, 0.6) is 17.2 Å². The molecule has 0 atom stereocenters. The molecular weight excluding hydrogens is 452 g/mol. The predicted octanol–water partition coefficient (Wildman–Crippen LogP) is 5.85. The van der Waals surface area contributed by atoms with E-state index in [2.05, 4.69) is 10.5 Å². The molecule has 0 spiro atoms. The van der Waals surface area contributed by atoms with Gasteiger partial charge in [0, 0.05) is 16.7 Å². The van der Waals surface area contributed by atoms with Gasteiger partial charge in [0.05, 0.1) is 26.0 Å². The number of rotatable bonds is 8. The lowest BCUT2D eigenvalue weighted by Gasteiger charge is -2.12. The number of benzene rings is 4. The molecule has 0 aromatic heterocycles. The molecule has 1 N–H and O–H groups in total. The van der Waals surface area contributed by atoms with Crippen LogP contribution in [0.3, 0.4) is 0 Å². The number of hydrogen-bond donors (Lipinski definition) is 1. The monoisotopic (exact) mass is 474 g/mol. The van der Waals surface area contributed by atoms with Gasteiger partial charge in [-0.15, -0.1) is 0 Å². The van der Waals surface area contributed by atoms with Gasteiger partial charge in [-0.3, -0.25) is 4.79 Å². The minimum absolute atomic E-state index is 0.345. The molecule has 0 aliphatic carbocycles. The van der Waals surface area contributed by atoms with Crippen LogP contribution < -0.4 is 19.6 Å². The molecule has 1 amide bonds. The smallest absolute Gasteiger partial charge is 0.275 e. The summed E-state index contributed by atoms with van der Waals surface area (Å²) < 4.78 is 16.6. The van der Waals surface area contributed by atoms with Crippen molar-refractivity contribution in [1.82, 2.24) is 5.43 Å². The third kappa shape index (κ3) is 5.30. The Morgan fingerprint density at radius 3 is 2.50 bits per heavy atom. The van der Waals surface area contributed by atoms with Crippen LogP contribution >= 0.6 is 11.6 Å². The van der Waals surface area contributed by atoms with Crippen molar-refractivity contribution in [1.29, 1.82) is 0 Å². The summed E-state index contributed by atoms with van der Waals surface area (Å²) in [4.78, 5) is 12.7. The maximum atomic E-state index is 12.7. The summed E-state index contributed by atoms with van der Waals surface area (Å²) in [6.07, 6.45) is 1.59. The molecule has 0 aliphatic rings. The minimum Gasteiger partial charge on any atom is -0.497 e. The second-order valence-corrected chi connectivity index (χ2v) is 7.82. The SMILES string of the molecule is COc1ccc(C(=O)N/N=C\c2c(OCc3ccc(Cl)cc3)ccc3ccccc23)c(OC)c1. The Morgan fingerprint density at radius 1 is 0.941 bits per heavy atom. The molecule has 34 heavy (non-hydrogen) atoms. The standard InChI is InChI=1S/C27H23ClN2O4/c1-32-21-12-13-23(26(15-21)33-2)27(31)30-29-16-24-22-6-4-3-5-19(22)9-14-25(24)34-17-18-7-10-20(28)11-8-18/h3-16H,17H2,1-2H3,(H,30,31)/b29-16-. The zero-order valence-corrected chi connectivity index (χ0v) is 19.5. The van der Waals surface area contributed by atoms with Crippen molar-refractivity contribution in [2.24, 2.45) is 5.10 Å². The summed E-state index contributed by atoms with van der Waals surface area (Å²) in [6.45, 7) is 0.367. The number of methoxy groups -OCH3 is 2. The molecule has 4 aromatic carbocycles. The van der Waals surface area contributed by atoms with Crippen LogP contribution in [-0.4, -0.2) is 26.3 Å². The van der Waals surface area contributed by atoms with Gasteiger partial charge in [-0.25, -0.2) is 5.43 Å². The number of amides is 1. The maximum absolute atomic E-state index is 12.7. The van der Waals surface area contributed by atoms with Crippen molar-refractivity contribution in [3.05, 3.63) is 101 Å². The molecule has 6 nitrogen and oxygen atoms in total. The Labute approximate surface area is 202 Å². The first-order valence-electron chi connectivity index (χ1n) is 10.5. The van der Waals surface area contributed by atoms with Crippen LogP contribution in [0.1, 0.15) is 21.5 Å². The maximum Gasteiger partial charge on any atom is 0.275 e. The largest absolute Gasteiger partial charge is 0.497 e. The predicted molar refractivity (Wildman–Crippen MR) is 134 cm³/mol. The molecule has 4 rings (SSSR count). The quantitative estimate of drug-likeness (QED) is 0.257. The molecule has 7 heteroatoms. The number of hydrogen-bond acceptors (Lipinski definition) is 5. The lowest BCUT2D eigenvalue weighted by molar-refractivity contribution is 0.0952. The molecule has 0 saturated heterocycles. The Kier molecular flexibility index (Phi) is 7.30. The summed E-state index contributed by atoms with van der Waals surface area (Å²) in [6, 6.07) is 24.2. The number of carbonyl (C=O) groups excluding carboxylic acids is 1. The van der Waals surface area contributed by atoms with Crippen molar-refractivity contribution < 1.29 is 19.0 Å². The van der Waals surface area contributed by atoms with E-state index in [1.165, 1.54) is 7.11 Å². The van der Waals surface area contributed by atoms with E-state index in [0.29, 0.717) is 34.4 Å². The molecule has 172 valence electrons. The minimum atomic E-state index is -0.403. The lowest BCUT2D eigenvalue weighted by Crippen LogP contribution is -2.18. The highest BCUT2D eigenvalue weighted by Gasteiger charge is 2.13. The molecule has 0 bridgehead atoms. The highest BCUT2D eigenvalue weighted by molar-refractivity contribution is 6.30. The van der Waals surface area contributed by atoms with Gasteiger partial charge in [0.2, 0.25) is 0 Å². The first-order chi connectivity index (χ1) is 16.6. The van der Waals surface area contributed by atoms with Gasteiger partial charge < -0.3 is 14.2 Å². The van der Waals surface area contributed by atoms with E-state index in [4.69, 9.17) is 25.8 Å². The Bertz CT molecular complexity index is 1340. The summed E-state index contributed by atoms with van der Waals surface area (Å²) >= 11 is 5.97. The first kappa shape index (κ1) is 23.1. The zero-order chi connectivity index (χ0) is 23.9. The number of nitrogens with one attached hydrogen (secondary N) is 1. The van der Waals surface area contributed by atoms with Gasteiger partial charge in [0.15, 0.2) is 0 Å². The number of nitrogens with zero attached hydrogens (tertiary/aromatic N) is 1. The first-order valence-corrected chi connectivity index (χ1v) is 10.9. The second-order valence-electron chi connectivity index (χ2n) is 7.38. The Balaban J connectivity index is 1.58. The fraction of sp³-hybridized carbons (Fsp3) is 0.111. The number of fused-ring (bicyclic) bond motifs is 1. The number of halogens is 1. The van der Waals surface area contributed by atoms with E-state index < -0.39 is 5.91 Å². The van der Waals surface area contributed by atoms with Gasteiger partial charge in [-0.1, -0.05) is 54.1 Å². The third-order valence-corrected chi connectivity index (χ3v) is 5.50. The zero-order valence-electron chi connectivity index (χ0n) is 18.7. The van der Waals surface area contributed by atoms with Crippen LogP contribution in [0.25, 0.3) is 10.8 Å². The highest BCUT2D eigenvalue weighted by Crippen LogP contribution is 2.28. The van der Waals surface area contributed by atoms with E-state index in [-0.39, 0.29) is 0 Å². The molecule has 0 heterocycles. The van der Waals surface area contributed by atoms with Gasteiger partial charge in [0.1, 0.15) is 23.9 Å². The molecule has 0 radical (unpaired) electrons. The van der Waals surface area contributed by atoms with Crippen LogP contribution in [0, 0.1) is 0 Å². The van der Waals surface area contributed by atoms with Crippen molar-refractivity contribution in [2.75, 3.05) is 14.2 Å². The molecule has 4 aromatic rings. The Hall–Kier alpha value is -4.03. The van der Waals surface area contributed by atoms with E-state index in [0.717, 1.165) is 21.9 Å². The van der Waals surface area contributed by atoms with E-state index >= 15 is 0 Å². The normalized spacial score (nSPS) is 10.9. The average molecular weight is 475 g/mol. The topological polar surface area (TPSA) is 69.2 Å². The van der Waals surface area contributed by atoms with Gasteiger partial charge >= 0.3 is 0 Å². The summed E-state index contributed by atoms with van der Waals surface area (Å²) in [5, 5.41) is 6.87. The lowest BCUT2D eigenvalue weighted by atomic mass is 10.0. The summed E-state index contributed by atoms with van der Waals surface area (Å²) in [5.74, 6) is 1.23. The van der Waals surface area contributed by atoms with Crippen molar-refractivity contribution in [3.63, 3.8) is 0 Å². The number of carbonyl (C=O) groups is 1. The van der Waals surface area contributed by atoms with Crippen LogP contribution in [0.15, 0.2) is 84.0 Å². The summed E-state index contributed by atoms with van der Waals surface area (Å²) in [5.41, 5.74) is 4.66. The Morgan fingerprint density at radius 2 is 1.74 bits per heavy atom. The van der Waals surface area contributed by atoms with Gasteiger partial charge in [-0.2, -0.15) is 5.10 Å². The fourth-order valence-electron chi connectivity index (χ4n) is 3.48. The fourth-order valence-corrected chi connectivity index (χ4v) is 3.60.